The largest absolute Gasteiger partial charge is 0.444 e. The van der Waals surface area contributed by atoms with Crippen molar-refractivity contribution in [3.05, 3.63) is 34.3 Å². The Kier molecular flexibility index (Phi) is 6.37. The summed E-state index contributed by atoms with van der Waals surface area (Å²) >= 11 is 3.50. The molecule has 0 aromatic heterocycles. The lowest BCUT2D eigenvalue weighted by molar-refractivity contribution is -0.140. The molecular weight excluding hydrogens is 396 g/mol. The summed E-state index contributed by atoms with van der Waals surface area (Å²) in [5.41, 5.74) is 0.422. The summed E-state index contributed by atoms with van der Waals surface area (Å²) in [5, 5.41) is 0. The van der Waals surface area contributed by atoms with Gasteiger partial charge in [0, 0.05) is 29.5 Å². The van der Waals surface area contributed by atoms with Crippen molar-refractivity contribution in [2.45, 2.75) is 59.2 Å². The van der Waals surface area contributed by atoms with Crippen LogP contribution in [0.3, 0.4) is 0 Å². The van der Waals surface area contributed by atoms with E-state index in [0.717, 1.165) is 10.0 Å². The Bertz CT molecular complexity index is 669. The van der Waals surface area contributed by atoms with Crippen molar-refractivity contribution in [2.24, 2.45) is 5.92 Å². The molecule has 0 saturated carbocycles. The van der Waals surface area contributed by atoms with Crippen molar-refractivity contribution >= 4 is 27.9 Å². The van der Waals surface area contributed by atoms with Crippen molar-refractivity contribution in [3.8, 4) is 0 Å². The van der Waals surface area contributed by atoms with E-state index < -0.39 is 5.60 Å². The van der Waals surface area contributed by atoms with Gasteiger partial charge >= 0.3 is 6.09 Å². The zero-order chi connectivity index (χ0) is 19.6. The molecule has 5 nitrogen and oxygen atoms in total. The van der Waals surface area contributed by atoms with Crippen molar-refractivity contribution in [1.82, 2.24) is 9.80 Å². The number of amides is 2. The van der Waals surface area contributed by atoms with Crippen LogP contribution in [-0.4, -0.2) is 46.5 Å². The number of nitrogens with zero attached hydrogens (tertiary/aromatic N) is 2. The van der Waals surface area contributed by atoms with Crippen LogP contribution in [0.5, 0.6) is 0 Å². The van der Waals surface area contributed by atoms with E-state index in [-0.39, 0.29) is 30.0 Å². The van der Waals surface area contributed by atoms with Gasteiger partial charge in [0.25, 0.3) is 0 Å². The minimum Gasteiger partial charge on any atom is -0.444 e. The molecule has 0 aliphatic carbocycles. The predicted molar refractivity (Wildman–Crippen MR) is 106 cm³/mol. The molecule has 1 aliphatic heterocycles. The summed E-state index contributed by atoms with van der Waals surface area (Å²) in [6.07, 6.45) is -0.342. The van der Waals surface area contributed by atoms with Crippen LogP contribution >= 0.6 is 15.9 Å². The molecule has 1 aliphatic rings. The Morgan fingerprint density at radius 3 is 2.38 bits per heavy atom. The fourth-order valence-corrected chi connectivity index (χ4v) is 3.55. The fraction of sp³-hybridized carbons (Fsp3) is 0.600. The van der Waals surface area contributed by atoms with Crippen LogP contribution in [0.1, 0.15) is 53.1 Å². The summed E-state index contributed by atoms with van der Waals surface area (Å²) in [7, 11) is 0. The van der Waals surface area contributed by atoms with E-state index in [9.17, 15) is 9.59 Å². The molecule has 1 heterocycles. The number of ether oxygens (including phenoxy) is 1. The average Bonchev–Trinajstić information content (AvgIpc) is 2.52. The first-order chi connectivity index (χ1) is 12.0. The second-order valence-electron chi connectivity index (χ2n) is 8.20. The van der Waals surface area contributed by atoms with E-state index in [4.69, 9.17) is 4.74 Å². The highest BCUT2D eigenvalue weighted by atomic mass is 79.9. The van der Waals surface area contributed by atoms with Gasteiger partial charge in [-0.25, -0.2) is 4.79 Å². The molecule has 2 atom stereocenters. The zero-order valence-electron chi connectivity index (χ0n) is 16.5. The summed E-state index contributed by atoms with van der Waals surface area (Å²) in [6.45, 7) is 12.3. The molecule has 26 heavy (non-hydrogen) atoms. The number of carbonyl (C=O) groups excluding carboxylic acids is 2. The Hall–Kier alpha value is -1.56. The van der Waals surface area contributed by atoms with E-state index in [0.29, 0.717) is 13.1 Å². The molecule has 0 spiro atoms. The van der Waals surface area contributed by atoms with Gasteiger partial charge in [-0.15, -0.1) is 0 Å². The van der Waals surface area contributed by atoms with Gasteiger partial charge in [-0.1, -0.05) is 41.9 Å². The van der Waals surface area contributed by atoms with Gasteiger partial charge in [-0.05, 0) is 45.4 Å². The molecule has 2 rings (SSSR count). The number of piperazine rings is 1. The van der Waals surface area contributed by atoms with E-state index in [1.165, 1.54) is 0 Å². The quantitative estimate of drug-likeness (QED) is 0.695. The molecule has 0 unspecified atom stereocenters. The van der Waals surface area contributed by atoms with Crippen molar-refractivity contribution < 1.29 is 14.3 Å². The Morgan fingerprint density at radius 1 is 1.19 bits per heavy atom. The maximum atomic E-state index is 12.8. The molecule has 1 aromatic rings. The lowest BCUT2D eigenvalue weighted by Crippen LogP contribution is -2.58. The Labute approximate surface area is 164 Å². The number of halogens is 1. The van der Waals surface area contributed by atoms with Crippen LogP contribution in [0.4, 0.5) is 4.79 Å². The highest BCUT2D eigenvalue weighted by molar-refractivity contribution is 9.10. The van der Waals surface area contributed by atoms with Crippen LogP contribution in [0, 0.1) is 5.92 Å². The molecule has 0 bridgehead atoms. The zero-order valence-corrected chi connectivity index (χ0v) is 18.0. The first kappa shape index (κ1) is 20.7. The minimum absolute atomic E-state index is 0.0548. The van der Waals surface area contributed by atoms with E-state index >= 15 is 0 Å². The van der Waals surface area contributed by atoms with Crippen LogP contribution in [0.15, 0.2) is 28.7 Å². The van der Waals surface area contributed by atoms with Crippen molar-refractivity contribution in [2.75, 3.05) is 13.1 Å². The third-order valence-electron chi connectivity index (χ3n) is 4.38. The average molecular weight is 425 g/mol. The highest BCUT2D eigenvalue weighted by Gasteiger charge is 2.39. The lowest BCUT2D eigenvalue weighted by atomic mass is 9.98. The summed E-state index contributed by atoms with van der Waals surface area (Å²) in [6, 6.07) is 7.59. The van der Waals surface area contributed by atoms with Crippen molar-refractivity contribution in [3.63, 3.8) is 0 Å². The normalized spacial score (nSPS) is 21.1. The van der Waals surface area contributed by atoms with Crippen LogP contribution in [0.2, 0.25) is 0 Å². The summed E-state index contributed by atoms with van der Waals surface area (Å²) in [4.78, 5) is 29.1. The van der Waals surface area contributed by atoms with Gasteiger partial charge in [-0.2, -0.15) is 0 Å². The SMILES string of the molecule is CC(C)C(=O)N1C[C@@H](c2cccc(Br)c2)N(C(=O)OC(C)(C)C)C[C@H]1C. The second kappa shape index (κ2) is 7.99. The smallest absolute Gasteiger partial charge is 0.410 e. The van der Waals surface area contributed by atoms with Crippen molar-refractivity contribution in [1.29, 1.82) is 0 Å². The van der Waals surface area contributed by atoms with E-state index in [1.54, 1.807) is 4.90 Å². The number of carbonyl (C=O) groups is 2. The number of hydrogen-bond donors (Lipinski definition) is 0. The molecule has 144 valence electrons. The van der Waals surface area contributed by atoms with Gasteiger partial charge in [-0.3, -0.25) is 9.69 Å². The van der Waals surface area contributed by atoms with Gasteiger partial charge in [0.1, 0.15) is 5.60 Å². The van der Waals surface area contributed by atoms with Crippen LogP contribution < -0.4 is 0 Å². The maximum Gasteiger partial charge on any atom is 0.410 e. The molecule has 0 N–H and O–H groups in total. The minimum atomic E-state index is -0.562. The van der Waals surface area contributed by atoms with Crippen LogP contribution in [0.25, 0.3) is 0 Å². The van der Waals surface area contributed by atoms with E-state index in [2.05, 4.69) is 15.9 Å². The molecule has 6 heteroatoms. The standard InChI is InChI=1S/C20H29BrN2O3/c1-13(2)18(24)22-12-17(15-8-7-9-16(21)10-15)23(11-14(22)3)19(25)26-20(4,5)6/h7-10,13-14,17H,11-12H2,1-6H3/t14-,17+/m1/s1. The Balaban J connectivity index is 2.36. The molecule has 2 amide bonds. The molecule has 1 fully saturated rings. The lowest BCUT2D eigenvalue weighted by Gasteiger charge is -2.46. The fourth-order valence-electron chi connectivity index (χ4n) is 3.14. The second-order valence-corrected chi connectivity index (χ2v) is 9.11. The van der Waals surface area contributed by atoms with Gasteiger partial charge < -0.3 is 9.64 Å². The Morgan fingerprint density at radius 2 is 1.85 bits per heavy atom. The summed E-state index contributed by atoms with van der Waals surface area (Å²) < 4.78 is 6.57. The van der Waals surface area contributed by atoms with Gasteiger partial charge in [0.15, 0.2) is 0 Å². The molecule has 1 aromatic carbocycles. The molecule has 1 saturated heterocycles. The number of rotatable bonds is 2. The third-order valence-corrected chi connectivity index (χ3v) is 4.87. The third kappa shape index (κ3) is 5.00. The monoisotopic (exact) mass is 424 g/mol. The summed E-state index contributed by atoms with van der Waals surface area (Å²) in [5.74, 6) is 0.0371. The first-order valence-electron chi connectivity index (χ1n) is 9.05. The maximum absolute atomic E-state index is 12.8. The molecular formula is C20H29BrN2O3. The van der Waals surface area contributed by atoms with Crippen LogP contribution in [-0.2, 0) is 9.53 Å². The van der Waals surface area contributed by atoms with Gasteiger partial charge in [0.05, 0.1) is 6.04 Å². The highest BCUT2D eigenvalue weighted by Crippen LogP contribution is 2.31. The first-order valence-corrected chi connectivity index (χ1v) is 9.84. The molecule has 0 radical (unpaired) electrons. The topological polar surface area (TPSA) is 49.9 Å². The van der Waals surface area contributed by atoms with E-state index in [1.807, 2.05) is 70.7 Å². The van der Waals surface area contributed by atoms with Gasteiger partial charge in [0.2, 0.25) is 5.91 Å². The number of benzene rings is 1. The number of hydrogen-bond acceptors (Lipinski definition) is 3. The predicted octanol–water partition coefficient (Wildman–Crippen LogP) is 4.61.